The van der Waals surface area contributed by atoms with Crippen molar-refractivity contribution in [1.29, 1.82) is 0 Å². The average Bonchev–Trinajstić information content (AvgIpc) is 3.09. The van der Waals surface area contributed by atoms with Crippen molar-refractivity contribution in [1.82, 2.24) is 25.6 Å². The minimum Gasteiger partial charge on any atom is -0.349 e. The highest BCUT2D eigenvalue weighted by atomic mass is 32.1. The highest BCUT2D eigenvalue weighted by Crippen LogP contribution is 2.26. The Kier molecular flexibility index (Phi) is 6.53. The fraction of sp³-hybridized carbons (Fsp3) is 0.333. The van der Waals surface area contributed by atoms with Crippen LogP contribution >= 0.6 is 11.3 Å². The van der Waals surface area contributed by atoms with E-state index in [0.717, 1.165) is 18.4 Å². The first kappa shape index (κ1) is 20.2. The third-order valence-electron chi connectivity index (χ3n) is 4.00. The van der Waals surface area contributed by atoms with Gasteiger partial charge in [0, 0.05) is 18.8 Å². The topological polar surface area (TPSA) is 91.8 Å². The number of thiazole rings is 1. The molecule has 0 spiro atoms. The summed E-state index contributed by atoms with van der Waals surface area (Å²) in [5, 5.41) is 9.34. The number of aromatic nitrogens is 3. The fourth-order valence-corrected chi connectivity index (χ4v) is 3.56. The summed E-state index contributed by atoms with van der Waals surface area (Å²) in [5.41, 5.74) is 2.15. The molecule has 0 aliphatic rings. The van der Waals surface area contributed by atoms with Gasteiger partial charge in [-0.05, 0) is 25.2 Å². The predicted molar refractivity (Wildman–Crippen MR) is 113 cm³/mol. The number of fused-ring (bicyclic) bond motifs is 1. The smallest absolute Gasteiger partial charge is 0.280 e. The summed E-state index contributed by atoms with van der Waals surface area (Å²) >= 11 is 1.21. The van der Waals surface area contributed by atoms with Gasteiger partial charge in [-0.15, -0.1) is 0 Å². The molecule has 0 fully saturated rings. The van der Waals surface area contributed by atoms with Gasteiger partial charge in [0.1, 0.15) is 22.5 Å². The van der Waals surface area contributed by atoms with Crippen molar-refractivity contribution in [3.8, 4) is 0 Å². The van der Waals surface area contributed by atoms with Gasteiger partial charge in [0.2, 0.25) is 0 Å². The van der Waals surface area contributed by atoms with E-state index in [0.29, 0.717) is 40.1 Å². The molecule has 10 heteroatoms. The van der Waals surface area contributed by atoms with E-state index >= 15 is 0 Å². The van der Waals surface area contributed by atoms with Crippen molar-refractivity contribution >= 4 is 51.8 Å². The Labute approximate surface area is 167 Å². The summed E-state index contributed by atoms with van der Waals surface area (Å²) in [6.07, 6.45) is 1.43. The molecule has 28 heavy (non-hydrogen) atoms. The largest absolute Gasteiger partial charge is 0.349 e. The Morgan fingerprint density at radius 1 is 1.29 bits per heavy atom. The number of amides is 1. The molecule has 2 heterocycles. The Bertz CT molecular complexity index is 980. The van der Waals surface area contributed by atoms with Gasteiger partial charge in [0.25, 0.3) is 5.91 Å². The first-order valence-corrected chi connectivity index (χ1v) is 9.89. The lowest BCUT2D eigenvalue weighted by Crippen LogP contribution is -2.30. The van der Waals surface area contributed by atoms with Crippen LogP contribution in [0, 0.1) is 5.82 Å². The number of likely N-dealkylation sites (N-methyl/N-ethyl adjacent to an activating group) is 1. The molecule has 2 aromatic heterocycles. The molecule has 0 saturated carbocycles. The summed E-state index contributed by atoms with van der Waals surface area (Å²) in [6, 6.07) is 4.63. The zero-order chi connectivity index (χ0) is 20.1. The molecule has 146 valence electrons. The molecule has 7 nitrogen and oxygen atoms in total. The summed E-state index contributed by atoms with van der Waals surface area (Å²) in [6.45, 7) is 5.34. The number of hydrogen-bond donors (Lipinski definition) is 3. The van der Waals surface area contributed by atoms with Crippen molar-refractivity contribution in [2.24, 2.45) is 0 Å². The van der Waals surface area contributed by atoms with Crippen molar-refractivity contribution in [3.63, 3.8) is 0 Å². The van der Waals surface area contributed by atoms with E-state index < -0.39 is 0 Å². The van der Waals surface area contributed by atoms with Gasteiger partial charge in [-0.2, -0.15) is 0 Å². The Balaban J connectivity index is 1.89. The minimum atomic E-state index is -0.275. The number of carbonyl (C=O) groups excluding carboxylic acids is 1. The molecule has 0 aliphatic heterocycles. The molecule has 3 N–H and O–H groups in total. The van der Waals surface area contributed by atoms with Gasteiger partial charge in [-0.1, -0.05) is 36.5 Å². The second kappa shape index (κ2) is 9.07. The summed E-state index contributed by atoms with van der Waals surface area (Å²) in [7, 11) is 2.55. The molecule has 1 amide bonds. The third kappa shape index (κ3) is 4.82. The number of anilines is 2. The minimum absolute atomic E-state index is 0.244. The van der Waals surface area contributed by atoms with Gasteiger partial charge >= 0.3 is 0 Å². The monoisotopic (exact) mass is 400 g/mol. The predicted octanol–water partition coefficient (Wildman–Crippen LogP) is 1.81. The zero-order valence-electron chi connectivity index (χ0n) is 16.0. The van der Waals surface area contributed by atoms with Crippen LogP contribution in [-0.2, 0) is 0 Å². The second-order valence-electron chi connectivity index (χ2n) is 6.78. The van der Waals surface area contributed by atoms with Crippen molar-refractivity contribution in [2.45, 2.75) is 19.7 Å². The first-order valence-electron chi connectivity index (χ1n) is 9.07. The Hall–Kier alpha value is -2.59. The highest BCUT2D eigenvalue weighted by Gasteiger charge is 2.17. The molecule has 0 saturated heterocycles. The van der Waals surface area contributed by atoms with E-state index in [2.05, 4.69) is 44.7 Å². The number of halogens is 1. The van der Waals surface area contributed by atoms with Crippen molar-refractivity contribution < 1.29 is 9.18 Å². The zero-order valence-corrected chi connectivity index (χ0v) is 16.9. The maximum Gasteiger partial charge on any atom is 0.280 e. The summed E-state index contributed by atoms with van der Waals surface area (Å²) in [5.74, 6) is 0.349. The average molecular weight is 400 g/mol. The molecule has 1 aromatic carbocycles. The van der Waals surface area contributed by atoms with Crippen LogP contribution in [0.25, 0.3) is 10.3 Å². The highest BCUT2D eigenvalue weighted by molar-refractivity contribution is 7.19. The van der Waals surface area contributed by atoms with Crippen LogP contribution in [0.15, 0.2) is 24.5 Å². The normalized spacial score (nSPS) is 11.0. The quantitative estimate of drug-likeness (QED) is 0.395. The van der Waals surface area contributed by atoms with Gasteiger partial charge in [-0.3, -0.25) is 4.79 Å². The SMILES string of the molecule is CNCCNC(=O)c1nc2c(Nc3ccc(F)cc3BC(C)C)ncnc2s1. The Morgan fingerprint density at radius 2 is 2.11 bits per heavy atom. The van der Waals surface area contributed by atoms with Gasteiger partial charge in [0.05, 0.1) is 0 Å². The molecular formula is C18H22BFN6OS. The van der Waals surface area contributed by atoms with Gasteiger partial charge < -0.3 is 16.0 Å². The van der Waals surface area contributed by atoms with E-state index in [4.69, 9.17) is 0 Å². The van der Waals surface area contributed by atoms with Crippen molar-refractivity contribution in [3.05, 3.63) is 35.4 Å². The first-order chi connectivity index (χ1) is 13.5. The van der Waals surface area contributed by atoms with E-state index in [1.807, 2.05) is 7.05 Å². The fourth-order valence-electron chi connectivity index (χ4n) is 2.74. The number of benzene rings is 1. The molecule has 0 aliphatic carbocycles. The number of carbonyl (C=O) groups is 1. The van der Waals surface area contributed by atoms with E-state index in [9.17, 15) is 9.18 Å². The molecular weight excluding hydrogens is 378 g/mol. The van der Waals surface area contributed by atoms with Gasteiger partial charge in [-0.25, -0.2) is 19.3 Å². The van der Waals surface area contributed by atoms with Gasteiger partial charge in [0.15, 0.2) is 18.1 Å². The maximum absolute atomic E-state index is 13.7. The second-order valence-corrected chi connectivity index (χ2v) is 7.76. The van der Waals surface area contributed by atoms with Crippen LogP contribution in [-0.4, -0.2) is 48.3 Å². The lowest BCUT2D eigenvalue weighted by molar-refractivity contribution is 0.0954. The lowest BCUT2D eigenvalue weighted by atomic mass is 9.60. The summed E-state index contributed by atoms with van der Waals surface area (Å²) in [4.78, 5) is 25.8. The molecule has 0 radical (unpaired) electrons. The van der Waals surface area contributed by atoms with E-state index in [-0.39, 0.29) is 11.7 Å². The Morgan fingerprint density at radius 3 is 2.86 bits per heavy atom. The molecule has 3 aromatic rings. The molecule has 3 rings (SSSR count). The van der Waals surface area contributed by atoms with Crippen LogP contribution < -0.4 is 21.4 Å². The number of nitrogens with one attached hydrogen (secondary N) is 3. The van der Waals surface area contributed by atoms with Crippen LogP contribution in [0.1, 0.15) is 23.6 Å². The summed E-state index contributed by atoms with van der Waals surface area (Å²) < 4.78 is 13.7. The third-order valence-corrected chi connectivity index (χ3v) is 4.96. The van der Waals surface area contributed by atoms with Crippen LogP contribution in [0.4, 0.5) is 15.9 Å². The number of hydrogen-bond acceptors (Lipinski definition) is 7. The molecule has 0 unspecified atom stereocenters. The maximum atomic E-state index is 13.7. The number of nitrogens with zero attached hydrogens (tertiary/aromatic N) is 3. The molecule has 0 atom stereocenters. The van der Waals surface area contributed by atoms with E-state index in [1.165, 1.54) is 29.8 Å². The molecule has 0 bridgehead atoms. The van der Waals surface area contributed by atoms with Crippen LogP contribution in [0.2, 0.25) is 5.82 Å². The lowest BCUT2D eigenvalue weighted by Gasteiger charge is -2.12. The van der Waals surface area contributed by atoms with Crippen molar-refractivity contribution in [2.75, 3.05) is 25.5 Å². The van der Waals surface area contributed by atoms with E-state index in [1.54, 1.807) is 6.07 Å². The number of rotatable bonds is 8. The van der Waals surface area contributed by atoms with Crippen LogP contribution in [0.5, 0.6) is 0 Å². The van der Waals surface area contributed by atoms with Crippen LogP contribution in [0.3, 0.4) is 0 Å². The standard InChI is InChI=1S/C18H22BFN6OS/c1-10(2)19-12-8-11(20)4-5-13(12)25-15-14-17(24-9-23-15)28-18(26-14)16(27)22-7-6-21-3/h4-5,8-10,19,21H,6-7H2,1-3H3,(H,22,27)(H,23,24,25).